The van der Waals surface area contributed by atoms with Crippen LogP contribution in [0.4, 0.5) is 5.82 Å². The first kappa shape index (κ1) is 17.3. The van der Waals surface area contributed by atoms with E-state index in [4.69, 9.17) is 28.9 Å². The van der Waals surface area contributed by atoms with Crippen LogP contribution in [0.2, 0.25) is 10.0 Å². The summed E-state index contributed by atoms with van der Waals surface area (Å²) in [5, 5.41) is 10.4. The maximum atomic E-state index is 9.60. The third kappa shape index (κ3) is 3.07. The number of nitrogen functional groups attached to an aromatic ring is 1. The zero-order valence-corrected chi connectivity index (χ0v) is 15.3. The number of hydrogen-bond acceptors (Lipinski definition) is 3. The summed E-state index contributed by atoms with van der Waals surface area (Å²) in [4.78, 5) is 4.46. The summed E-state index contributed by atoms with van der Waals surface area (Å²) in [5.41, 5.74) is 11.4. The first-order valence-corrected chi connectivity index (χ1v) is 8.41. The molecule has 124 valence electrons. The Morgan fingerprint density at radius 2 is 1.72 bits per heavy atom. The molecule has 0 aliphatic rings. The van der Waals surface area contributed by atoms with Gasteiger partial charge in [0.25, 0.3) is 0 Å². The van der Waals surface area contributed by atoms with E-state index in [1.54, 1.807) is 12.1 Å². The molecule has 25 heavy (non-hydrogen) atoms. The van der Waals surface area contributed by atoms with Crippen LogP contribution < -0.4 is 5.73 Å². The lowest BCUT2D eigenvalue weighted by atomic mass is 9.92. The minimum Gasteiger partial charge on any atom is -0.383 e. The number of nitrogens with two attached hydrogens (primary N) is 1. The monoisotopic (exact) mass is 367 g/mol. The average molecular weight is 368 g/mol. The quantitative estimate of drug-likeness (QED) is 0.622. The second-order valence-electron chi connectivity index (χ2n) is 5.80. The molecular weight excluding hydrogens is 353 g/mol. The zero-order chi connectivity index (χ0) is 18.1. The van der Waals surface area contributed by atoms with Crippen LogP contribution in [0, 0.1) is 25.2 Å². The zero-order valence-electron chi connectivity index (χ0n) is 13.8. The molecule has 0 bridgehead atoms. The minimum atomic E-state index is 0.176. The van der Waals surface area contributed by atoms with Crippen LogP contribution in [0.1, 0.15) is 16.7 Å². The fourth-order valence-corrected chi connectivity index (χ4v) is 3.23. The summed E-state index contributed by atoms with van der Waals surface area (Å²) < 4.78 is 0. The van der Waals surface area contributed by atoms with Gasteiger partial charge in [0.15, 0.2) is 0 Å². The van der Waals surface area contributed by atoms with E-state index < -0.39 is 0 Å². The Balaban J connectivity index is 2.36. The number of pyridine rings is 1. The molecule has 3 aromatic rings. The molecule has 0 unspecified atom stereocenters. The van der Waals surface area contributed by atoms with Gasteiger partial charge in [-0.25, -0.2) is 4.98 Å². The van der Waals surface area contributed by atoms with Gasteiger partial charge in [0.2, 0.25) is 0 Å². The van der Waals surface area contributed by atoms with Gasteiger partial charge in [-0.3, -0.25) is 0 Å². The molecule has 1 heterocycles. The van der Waals surface area contributed by atoms with Crippen LogP contribution in [0.15, 0.2) is 42.5 Å². The SMILES string of the molecule is Cc1ccc(-c2nc(N)c(C#N)c(-c3cccc(Cl)c3Cl)c2C)cc1. The van der Waals surface area contributed by atoms with Crippen molar-refractivity contribution in [3.63, 3.8) is 0 Å². The van der Waals surface area contributed by atoms with Gasteiger partial charge in [0.1, 0.15) is 17.5 Å². The molecule has 3 rings (SSSR count). The van der Waals surface area contributed by atoms with Gasteiger partial charge >= 0.3 is 0 Å². The first-order chi connectivity index (χ1) is 11.9. The smallest absolute Gasteiger partial charge is 0.142 e. The molecule has 0 atom stereocenters. The van der Waals surface area contributed by atoms with Crippen molar-refractivity contribution >= 4 is 29.0 Å². The second-order valence-corrected chi connectivity index (χ2v) is 6.59. The Morgan fingerprint density at radius 1 is 1.04 bits per heavy atom. The largest absolute Gasteiger partial charge is 0.383 e. The molecule has 2 aromatic carbocycles. The fraction of sp³-hybridized carbons (Fsp3) is 0.100. The standard InChI is InChI=1S/C20H15Cl2N3/c1-11-6-8-13(9-7-11)19-12(2)17(15(10-23)20(24)25-19)14-4-3-5-16(21)18(14)22/h3-9H,1-2H3,(H2,24,25). The normalized spacial score (nSPS) is 10.5. The van der Waals surface area contributed by atoms with Crippen molar-refractivity contribution in [1.29, 1.82) is 5.26 Å². The second kappa shape index (κ2) is 6.76. The Hall–Kier alpha value is -2.54. The van der Waals surface area contributed by atoms with Crippen molar-refractivity contribution in [3.05, 3.63) is 69.2 Å². The molecule has 0 spiro atoms. The van der Waals surface area contributed by atoms with E-state index in [2.05, 4.69) is 11.1 Å². The van der Waals surface area contributed by atoms with E-state index in [0.29, 0.717) is 26.7 Å². The summed E-state index contributed by atoms with van der Waals surface area (Å²) in [5.74, 6) is 0.176. The highest BCUT2D eigenvalue weighted by atomic mass is 35.5. The van der Waals surface area contributed by atoms with Gasteiger partial charge in [-0.1, -0.05) is 65.2 Å². The minimum absolute atomic E-state index is 0.176. The van der Waals surface area contributed by atoms with Crippen LogP contribution in [-0.2, 0) is 0 Å². The predicted octanol–water partition coefficient (Wildman–Crippen LogP) is 5.79. The number of aromatic nitrogens is 1. The summed E-state index contributed by atoms with van der Waals surface area (Å²) in [6.07, 6.45) is 0. The van der Waals surface area contributed by atoms with Crippen LogP contribution in [0.3, 0.4) is 0 Å². The summed E-state index contributed by atoms with van der Waals surface area (Å²) in [7, 11) is 0. The van der Waals surface area contributed by atoms with Crippen LogP contribution in [0.25, 0.3) is 22.4 Å². The third-order valence-corrected chi connectivity index (χ3v) is 4.95. The lowest BCUT2D eigenvalue weighted by molar-refractivity contribution is 1.26. The molecular formula is C20H15Cl2N3. The van der Waals surface area contributed by atoms with Gasteiger partial charge < -0.3 is 5.73 Å². The van der Waals surface area contributed by atoms with E-state index in [9.17, 15) is 5.26 Å². The number of halogens is 2. The third-order valence-electron chi connectivity index (χ3n) is 4.13. The Kier molecular flexibility index (Phi) is 4.67. The van der Waals surface area contributed by atoms with Crippen LogP contribution in [-0.4, -0.2) is 4.98 Å². The maximum Gasteiger partial charge on any atom is 0.142 e. The Morgan fingerprint density at radius 3 is 2.36 bits per heavy atom. The van der Waals surface area contributed by atoms with Crippen molar-refractivity contribution in [3.8, 4) is 28.5 Å². The Bertz CT molecular complexity index is 1000. The van der Waals surface area contributed by atoms with E-state index in [1.807, 2.05) is 44.2 Å². The molecule has 0 amide bonds. The lowest BCUT2D eigenvalue weighted by Crippen LogP contribution is -2.03. The molecule has 2 N–H and O–H groups in total. The van der Waals surface area contributed by atoms with Crippen molar-refractivity contribution in [2.75, 3.05) is 5.73 Å². The number of anilines is 1. The molecule has 0 saturated heterocycles. The Labute approximate surface area is 156 Å². The number of aryl methyl sites for hydroxylation is 1. The predicted molar refractivity (Wildman–Crippen MR) is 104 cm³/mol. The highest BCUT2D eigenvalue weighted by Gasteiger charge is 2.20. The van der Waals surface area contributed by atoms with Crippen molar-refractivity contribution in [2.45, 2.75) is 13.8 Å². The van der Waals surface area contributed by atoms with E-state index in [1.165, 1.54) is 0 Å². The summed E-state index contributed by atoms with van der Waals surface area (Å²) in [6, 6.07) is 15.5. The molecule has 0 radical (unpaired) electrons. The highest BCUT2D eigenvalue weighted by molar-refractivity contribution is 6.43. The van der Waals surface area contributed by atoms with Gasteiger partial charge in [0.05, 0.1) is 15.7 Å². The van der Waals surface area contributed by atoms with Gasteiger partial charge in [-0.2, -0.15) is 5.26 Å². The maximum absolute atomic E-state index is 9.60. The van der Waals surface area contributed by atoms with E-state index in [0.717, 1.165) is 22.4 Å². The van der Waals surface area contributed by atoms with Crippen molar-refractivity contribution < 1.29 is 0 Å². The van der Waals surface area contributed by atoms with Gasteiger partial charge in [0, 0.05) is 16.7 Å². The fourth-order valence-electron chi connectivity index (χ4n) is 2.83. The molecule has 0 saturated carbocycles. The van der Waals surface area contributed by atoms with Crippen molar-refractivity contribution in [1.82, 2.24) is 4.98 Å². The number of rotatable bonds is 2. The molecule has 5 heteroatoms. The number of nitrogens with zero attached hydrogens (tertiary/aromatic N) is 2. The molecule has 0 aliphatic carbocycles. The van der Waals surface area contributed by atoms with Gasteiger partial charge in [-0.15, -0.1) is 0 Å². The van der Waals surface area contributed by atoms with Gasteiger partial charge in [-0.05, 0) is 25.5 Å². The highest BCUT2D eigenvalue weighted by Crippen LogP contribution is 2.40. The number of benzene rings is 2. The van der Waals surface area contributed by atoms with Crippen molar-refractivity contribution in [2.24, 2.45) is 0 Å². The van der Waals surface area contributed by atoms with E-state index in [-0.39, 0.29) is 5.82 Å². The number of hydrogen-bond donors (Lipinski definition) is 1. The average Bonchev–Trinajstić information content (AvgIpc) is 2.60. The first-order valence-electron chi connectivity index (χ1n) is 7.65. The lowest BCUT2D eigenvalue weighted by Gasteiger charge is -2.16. The molecule has 0 fully saturated rings. The summed E-state index contributed by atoms with van der Waals surface area (Å²) >= 11 is 12.6. The van der Waals surface area contributed by atoms with E-state index >= 15 is 0 Å². The molecule has 3 nitrogen and oxygen atoms in total. The molecule has 1 aromatic heterocycles. The van der Waals surface area contributed by atoms with Crippen LogP contribution in [0.5, 0.6) is 0 Å². The summed E-state index contributed by atoms with van der Waals surface area (Å²) in [6.45, 7) is 3.93. The molecule has 0 aliphatic heterocycles. The van der Waals surface area contributed by atoms with Crippen LogP contribution >= 0.6 is 23.2 Å². The topological polar surface area (TPSA) is 62.7 Å². The number of nitriles is 1.